The Bertz CT molecular complexity index is 1510. The zero-order valence-electron chi connectivity index (χ0n) is 22.4. The first-order valence-electron chi connectivity index (χ1n) is 12.8. The summed E-state index contributed by atoms with van der Waals surface area (Å²) in [5.41, 5.74) is 7.57. The molecule has 214 valence electrons. The number of phenols is 1. The van der Waals surface area contributed by atoms with Crippen LogP contribution in [0.5, 0.6) is 5.75 Å². The van der Waals surface area contributed by atoms with Crippen molar-refractivity contribution in [1.29, 1.82) is 0 Å². The van der Waals surface area contributed by atoms with Crippen LogP contribution >= 0.6 is 11.6 Å². The van der Waals surface area contributed by atoms with Gasteiger partial charge in [0, 0.05) is 40.1 Å². The summed E-state index contributed by atoms with van der Waals surface area (Å²) in [5, 5.41) is 17.4. The number of phenolic OH excluding ortho intramolecular Hbond substituents is 1. The van der Waals surface area contributed by atoms with Crippen LogP contribution in [0.4, 0.5) is 36.3 Å². The standard InChI is InChI=1S/C29H29ClF3N7O/c1-3-40(4-2)17-19-14-22(15-23(26(19)41)18-8-6-5-7-9-18)35-25-16-24(29(31,32)33)37-28(38-25)39-27(34)36-21-12-10-20(30)11-13-21/h5-16,41H,3-4,17H2,1-2H3,(H4,34,35,36,37,38,39). The van der Waals surface area contributed by atoms with Crippen LogP contribution in [0.1, 0.15) is 25.1 Å². The zero-order valence-corrected chi connectivity index (χ0v) is 23.1. The van der Waals surface area contributed by atoms with Gasteiger partial charge in [-0.3, -0.25) is 4.90 Å². The highest BCUT2D eigenvalue weighted by Crippen LogP contribution is 2.37. The number of hydrogen-bond acceptors (Lipinski definition) is 6. The first kappa shape index (κ1) is 29.6. The number of anilines is 3. The molecule has 0 radical (unpaired) electrons. The molecule has 5 N–H and O–H groups in total. The first-order valence-corrected chi connectivity index (χ1v) is 13.2. The Morgan fingerprint density at radius 3 is 2.29 bits per heavy atom. The lowest BCUT2D eigenvalue weighted by Gasteiger charge is -2.21. The van der Waals surface area contributed by atoms with E-state index in [0.29, 0.717) is 34.1 Å². The summed E-state index contributed by atoms with van der Waals surface area (Å²) in [5.74, 6) is -0.760. The summed E-state index contributed by atoms with van der Waals surface area (Å²) in [4.78, 5) is 13.8. The Kier molecular flexibility index (Phi) is 9.31. The van der Waals surface area contributed by atoms with Gasteiger partial charge < -0.3 is 21.5 Å². The van der Waals surface area contributed by atoms with Crippen molar-refractivity contribution >= 4 is 40.7 Å². The van der Waals surface area contributed by atoms with Crippen LogP contribution in [0.2, 0.25) is 5.02 Å². The third-order valence-electron chi connectivity index (χ3n) is 6.18. The molecule has 4 aromatic rings. The van der Waals surface area contributed by atoms with Crippen molar-refractivity contribution < 1.29 is 18.3 Å². The van der Waals surface area contributed by atoms with Gasteiger partial charge in [-0.05, 0) is 55.1 Å². The van der Waals surface area contributed by atoms with E-state index in [4.69, 9.17) is 17.3 Å². The van der Waals surface area contributed by atoms with E-state index in [2.05, 4.69) is 30.5 Å². The fraction of sp³-hybridized carbons (Fsp3) is 0.207. The van der Waals surface area contributed by atoms with Gasteiger partial charge in [-0.2, -0.15) is 23.1 Å². The number of halogens is 4. The number of alkyl halides is 3. The van der Waals surface area contributed by atoms with E-state index in [0.717, 1.165) is 24.7 Å². The largest absolute Gasteiger partial charge is 0.507 e. The predicted molar refractivity (Wildman–Crippen MR) is 157 cm³/mol. The minimum atomic E-state index is -4.76. The van der Waals surface area contributed by atoms with Gasteiger partial charge in [0.1, 0.15) is 11.6 Å². The molecule has 0 saturated heterocycles. The number of nitrogens with two attached hydrogens (primary N) is 1. The second-order valence-electron chi connectivity index (χ2n) is 9.05. The van der Waals surface area contributed by atoms with E-state index in [1.807, 2.05) is 44.2 Å². The molecule has 3 aromatic carbocycles. The Labute approximate surface area is 240 Å². The highest BCUT2D eigenvalue weighted by molar-refractivity contribution is 6.30. The van der Waals surface area contributed by atoms with Crippen LogP contribution in [0.25, 0.3) is 11.1 Å². The van der Waals surface area contributed by atoms with E-state index in [1.54, 1.807) is 36.4 Å². The average Bonchev–Trinajstić information content (AvgIpc) is 2.94. The van der Waals surface area contributed by atoms with Crippen LogP contribution < -0.4 is 16.4 Å². The molecule has 0 bridgehead atoms. The Balaban J connectivity index is 1.73. The Morgan fingerprint density at radius 1 is 0.976 bits per heavy atom. The second-order valence-corrected chi connectivity index (χ2v) is 9.49. The molecule has 0 aliphatic carbocycles. The minimum Gasteiger partial charge on any atom is -0.507 e. The second kappa shape index (κ2) is 12.9. The Hall–Kier alpha value is -4.35. The van der Waals surface area contributed by atoms with Crippen LogP contribution in [0.3, 0.4) is 0 Å². The lowest BCUT2D eigenvalue weighted by molar-refractivity contribution is -0.141. The van der Waals surface area contributed by atoms with Crippen LogP contribution in [-0.4, -0.2) is 39.0 Å². The highest BCUT2D eigenvalue weighted by atomic mass is 35.5. The number of benzene rings is 3. The molecule has 0 saturated carbocycles. The van der Waals surface area contributed by atoms with Crippen molar-refractivity contribution in [2.75, 3.05) is 23.7 Å². The molecule has 41 heavy (non-hydrogen) atoms. The van der Waals surface area contributed by atoms with Crippen molar-refractivity contribution in [2.24, 2.45) is 10.7 Å². The molecular weight excluding hydrogens is 555 g/mol. The maximum Gasteiger partial charge on any atom is 0.433 e. The molecule has 0 spiro atoms. The van der Waals surface area contributed by atoms with E-state index in [-0.39, 0.29) is 17.5 Å². The molecule has 1 heterocycles. The number of hydrogen-bond donors (Lipinski definition) is 4. The maximum absolute atomic E-state index is 13.8. The number of rotatable bonds is 9. The molecule has 4 rings (SSSR count). The quantitative estimate of drug-likeness (QED) is 0.0939. The van der Waals surface area contributed by atoms with Gasteiger partial charge >= 0.3 is 6.18 Å². The topological polar surface area (TPSA) is 112 Å². The summed E-state index contributed by atoms with van der Waals surface area (Å²) >= 11 is 5.89. The third-order valence-corrected chi connectivity index (χ3v) is 6.43. The lowest BCUT2D eigenvalue weighted by Crippen LogP contribution is -2.22. The smallest absolute Gasteiger partial charge is 0.433 e. The highest BCUT2D eigenvalue weighted by Gasteiger charge is 2.34. The van der Waals surface area contributed by atoms with Crippen LogP contribution in [-0.2, 0) is 12.7 Å². The van der Waals surface area contributed by atoms with E-state index < -0.39 is 17.8 Å². The molecule has 0 fully saturated rings. The van der Waals surface area contributed by atoms with E-state index >= 15 is 0 Å². The van der Waals surface area contributed by atoms with E-state index in [1.165, 1.54) is 0 Å². The number of guanidine groups is 1. The van der Waals surface area contributed by atoms with Gasteiger partial charge in [0.25, 0.3) is 5.95 Å². The van der Waals surface area contributed by atoms with Gasteiger partial charge in [-0.25, -0.2) is 4.98 Å². The molecule has 0 aliphatic heterocycles. The van der Waals surface area contributed by atoms with E-state index in [9.17, 15) is 18.3 Å². The Morgan fingerprint density at radius 2 is 1.66 bits per heavy atom. The lowest BCUT2D eigenvalue weighted by atomic mass is 9.99. The fourth-order valence-electron chi connectivity index (χ4n) is 4.07. The first-order chi connectivity index (χ1) is 19.5. The predicted octanol–water partition coefficient (Wildman–Crippen LogP) is 7.17. The number of aliphatic imine (C=N–C) groups is 1. The fourth-order valence-corrected chi connectivity index (χ4v) is 4.20. The summed E-state index contributed by atoms with van der Waals surface area (Å²) in [7, 11) is 0. The van der Waals surface area contributed by atoms with Crippen LogP contribution in [0.15, 0.2) is 77.8 Å². The van der Waals surface area contributed by atoms with Crippen molar-refractivity contribution in [3.8, 4) is 16.9 Å². The van der Waals surface area contributed by atoms with Gasteiger partial charge in [0.15, 0.2) is 5.69 Å². The third kappa shape index (κ3) is 7.86. The number of nitrogens with zero attached hydrogens (tertiary/aromatic N) is 4. The number of nitrogens with one attached hydrogen (secondary N) is 2. The monoisotopic (exact) mass is 583 g/mol. The van der Waals surface area contributed by atoms with Crippen molar-refractivity contribution in [3.05, 3.63) is 89.1 Å². The summed E-state index contributed by atoms with van der Waals surface area (Å²) < 4.78 is 41.3. The average molecular weight is 584 g/mol. The summed E-state index contributed by atoms with van der Waals surface area (Å²) in [6, 6.07) is 19.9. The molecule has 1 aromatic heterocycles. The molecule has 12 heteroatoms. The summed E-state index contributed by atoms with van der Waals surface area (Å²) in [6.07, 6.45) is -4.76. The molecule has 0 amide bonds. The van der Waals surface area contributed by atoms with Crippen LogP contribution in [0, 0.1) is 0 Å². The normalized spacial score (nSPS) is 12.0. The molecule has 0 atom stereocenters. The molecule has 0 unspecified atom stereocenters. The van der Waals surface area contributed by atoms with Crippen molar-refractivity contribution in [2.45, 2.75) is 26.6 Å². The van der Waals surface area contributed by atoms with Gasteiger partial charge in [-0.1, -0.05) is 55.8 Å². The van der Waals surface area contributed by atoms with Gasteiger partial charge in [-0.15, -0.1) is 0 Å². The molecule has 8 nitrogen and oxygen atoms in total. The SMILES string of the molecule is CCN(CC)Cc1cc(Nc2cc(C(F)(F)F)nc(N=C(N)Nc3ccc(Cl)cc3)n2)cc(-c2ccccc2)c1O. The van der Waals surface area contributed by atoms with Crippen molar-refractivity contribution in [3.63, 3.8) is 0 Å². The zero-order chi connectivity index (χ0) is 29.6. The van der Waals surface area contributed by atoms with Gasteiger partial charge in [0.05, 0.1) is 0 Å². The maximum atomic E-state index is 13.8. The van der Waals surface area contributed by atoms with Crippen molar-refractivity contribution in [1.82, 2.24) is 14.9 Å². The minimum absolute atomic E-state index is 0.0960. The number of aromatic nitrogens is 2. The molecule has 0 aliphatic rings. The molecular formula is C29H29ClF3N7O. The van der Waals surface area contributed by atoms with Gasteiger partial charge in [0.2, 0.25) is 5.96 Å². The summed E-state index contributed by atoms with van der Waals surface area (Å²) in [6.45, 7) is 5.96. The number of aromatic hydroxyl groups is 1.